The van der Waals surface area contributed by atoms with Gasteiger partial charge in [-0.1, -0.05) is 47.2 Å². The normalized spacial score (nSPS) is 11.2. The van der Waals surface area contributed by atoms with E-state index in [1.54, 1.807) is 11.1 Å². The lowest BCUT2D eigenvalue weighted by Crippen LogP contribution is -2.33. The van der Waals surface area contributed by atoms with E-state index >= 15 is 0 Å². The number of aromatic amines is 1. The van der Waals surface area contributed by atoms with Crippen LogP contribution >= 0.6 is 35.3 Å². The van der Waals surface area contributed by atoms with Gasteiger partial charge in [-0.15, -0.1) is 12.4 Å². The number of nitrogens with zero attached hydrogens (tertiary/aromatic N) is 3. The Kier molecular flexibility index (Phi) is 7.03. The second-order valence-corrected chi connectivity index (χ2v) is 8.78. The molecule has 2 aromatic heterocycles. The Bertz CT molecular complexity index is 1150. The highest BCUT2D eigenvalue weighted by molar-refractivity contribution is 7.23. The standard InChI is InChI=1S/C22H23ClN4OS.ClH/c1-14-9-10-17(23)20-19(14)25-22(29-20)27(12-6-11-26(2)3)21(28)16-13-24-18-8-5-4-7-15(16)18;/h4-5,7-10,13,24H,6,11-12H2,1-3H3;1H. The summed E-state index contributed by atoms with van der Waals surface area (Å²) in [6, 6.07) is 11.7. The molecule has 4 rings (SSSR count). The molecule has 0 aliphatic heterocycles. The van der Waals surface area contributed by atoms with Crippen LogP contribution in [0.25, 0.3) is 21.1 Å². The molecule has 1 amide bonds. The molecule has 0 spiro atoms. The summed E-state index contributed by atoms with van der Waals surface area (Å²) in [5.41, 5.74) is 3.53. The van der Waals surface area contributed by atoms with Crippen molar-refractivity contribution in [2.24, 2.45) is 0 Å². The van der Waals surface area contributed by atoms with Crippen LogP contribution in [0, 0.1) is 6.92 Å². The molecule has 0 unspecified atom stereocenters. The number of hydrogen-bond acceptors (Lipinski definition) is 4. The Hall–Kier alpha value is -2.12. The van der Waals surface area contributed by atoms with E-state index in [-0.39, 0.29) is 18.3 Å². The third-order valence-electron chi connectivity index (χ3n) is 4.97. The molecule has 0 fully saturated rings. The van der Waals surface area contributed by atoms with Crippen molar-refractivity contribution < 1.29 is 4.79 Å². The highest BCUT2D eigenvalue weighted by Crippen LogP contribution is 2.36. The highest BCUT2D eigenvalue weighted by Gasteiger charge is 2.24. The highest BCUT2D eigenvalue weighted by atomic mass is 35.5. The number of fused-ring (bicyclic) bond motifs is 2. The summed E-state index contributed by atoms with van der Waals surface area (Å²) in [6.07, 6.45) is 2.64. The topological polar surface area (TPSA) is 52.2 Å². The Labute approximate surface area is 191 Å². The molecule has 30 heavy (non-hydrogen) atoms. The lowest BCUT2D eigenvalue weighted by atomic mass is 10.1. The SMILES string of the molecule is Cc1ccc(Cl)c2sc(N(CCCN(C)C)C(=O)c3c[nH]c4ccccc34)nc12.Cl. The quantitative estimate of drug-likeness (QED) is 0.396. The van der Waals surface area contributed by atoms with Crippen LogP contribution in [0.5, 0.6) is 0 Å². The molecule has 0 radical (unpaired) electrons. The Morgan fingerprint density at radius 2 is 1.93 bits per heavy atom. The predicted molar refractivity (Wildman–Crippen MR) is 130 cm³/mol. The molecule has 8 heteroatoms. The van der Waals surface area contributed by atoms with Crippen LogP contribution in [0.3, 0.4) is 0 Å². The van der Waals surface area contributed by atoms with Gasteiger partial charge in [0.15, 0.2) is 5.13 Å². The minimum atomic E-state index is -0.0472. The van der Waals surface area contributed by atoms with E-state index in [0.29, 0.717) is 22.3 Å². The van der Waals surface area contributed by atoms with Gasteiger partial charge in [-0.3, -0.25) is 9.69 Å². The smallest absolute Gasteiger partial charge is 0.262 e. The van der Waals surface area contributed by atoms with Crippen molar-refractivity contribution in [2.45, 2.75) is 13.3 Å². The lowest BCUT2D eigenvalue weighted by molar-refractivity contribution is 0.0987. The largest absolute Gasteiger partial charge is 0.360 e. The number of H-pyrrole nitrogens is 1. The average Bonchev–Trinajstić information content (AvgIpc) is 3.33. The zero-order chi connectivity index (χ0) is 20.5. The van der Waals surface area contributed by atoms with Crippen molar-refractivity contribution in [1.82, 2.24) is 14.9 Å². The van der Waals surface area contributed by atoms with Gasteiger partial charge in [0.2, 0.25) is 0 Å². The van der Waals surface area contributed by atoms with E-state index in [1.165, 1.54) is 11.3 Å². The molecule has 5 nitrogen and oxygen atoms in total. The van der Waals surface area contributed by atoms with Gasteiger partial charge in [-0.25, -0.2) is 4.98 Å². The number of para-hydroxylation sites is 1. The van der Waals surface area contributed by atoms with E-state index in [1.807, 2.05) is 57.4 Å². The summed E-state index contributed by atoms with van der Waals surface area (Å²) in [4.78, 5) is 25.5. The zero-order valence-corrected chi connectivity index (χ0v) is 19.5. The average molecular weight is 463 g/mol. The third kappa shape index (κ3) is 4.32. The van der Waals surface area contributed by atoms with E-state index in [4.69, 9.17) is 16.6 Å². The number of rotatable bonds is 6. The maximum absolute atomic E-state index is 13.6. The van der Waals surface area contributed by atoms with Gasteiger partial charge in [0, 0.05) is 23.6 Å². The summed E-state index contributed by atoms with van der Waals surface area (Å²) >= 11 is 7.88. The fourth-order valence-electron chi connectivity index (χ4n) is 3.43. The van der Waals surface area contributed by atoms with Gasteiger partial charge in [-0.2, -0.15) is 0 Å². The van der Waals surface area contributed by atoms with Gasteiger partial charge in [0.1, 0.15) is 0 Å². The maximum atomic E-state index is 13.6. The Balaban J connectivity index is 0.00000256. The third-order valence-corrected chi connectivity index (χ3v) is 6.51. The van der Waals surface area contributed by atoms with Crippen molar-refractivity contribution in [3.8, 4) is 0 Å². The summed E-state index contributed by atoms with van der Waals surface area (Å²) in [5.74, 6) is -0.0472. The van der Waals surface area contributed by atoms with Crippen LogP contribution in [-0.2, 0) is 0 Å². The van der Waals surface area contributed by atoms with Crippen LogP contribution in [0.1, 0.15) is 22.3 Å². The van der Waals surface area contributed by atoms with Crippen LogP contribution in [-0.4, -0.2) is 48.0 Å². The van der Waals surface area contributed by atoms with Gasteiger partial charge in [0.05, 0.1) is 20.8 Å². The predicted octanol–water partition coefficient (Wildman–Crippen LogP) is 5.76. The minimum Gasteiger partial charge on any atom is -0.360 e. The maximum Gasteiger partial charge on any atom is 0.262 e. The van der Waals surface area contributed by atoms with E-state index < -0.39 is 0 Å². The minimum absolute atomic E-state index is 0. The number of halogens is 2. The number of aromatic nitrogens is 2. The first-order chi connectivity index (χ1) is 14.0. The second-order valence-electron chi connectivity index (χ2n) is 7.40. The summed E-state index contributed by atoms with van der Waals surface area (Å²) in [6.45, 7) is 3.50. The van der Waals surface area contributed by atoms with Crippen LogP contribution in [0.15, 0.2) is 42.6 Å². The number of carbonyl (C=O) groups is 1. The molecule has 0 bridgehead atoms. The van der Waals surface area contributed by atoms with Gasteiger partial charge in [-0.05, 0) is 51.7 Å². The van der Waals surface area contributed by atoms with Crippen molar-refractivity contribution >= 4 is 67.5 Å². The number of benzene rings is 2. The van der Waals surface area contributed by atoms with Crippen molar-refractivity contribution in [2.75, 3.05) is 32.1 Å². The molecule has 0 atom stereocenters. The number of aryl methyl sites for hydroxylation is 1. The molecule has 2 heterocycles. The fraction of sp³-hybridized carbons (Fsp3) is 0.273. The van der Waals surface area contributed by atoms with E-state index in [9.17, 15) is 4.79 Å². The van der Waals surface area contributed by atoms with Crippen molar-refractivity contribution in [3.05, 3.63) is 58.7 Å². The molecule has 0 saturated carbocycles. The monoisotopic (exact) mass is 462 g/mol. The van der Waals surface area contributed by atoms with Gasteiger partial charge < -0.3 is 9.88 Å². The molecule has 4 aromatic rings. The summed E-state index contributed by atoms with van der Waals surface area (Å²) in [5, 5.41) is 2.28. The first kappa shape index (κ1) is 22.6. The number of amides is 1. The molecule has 0 saturated heterocycles. The second kappa shape index (κ2) is 9.35. The molecule has 0 aliphatic rings. The first-order valence-corrected chi connectivity index (χ1v) is 10.7. The molecule has 0 aliphatic carbocycles. The van der Waals surface area contributed by atoms with E-state index in [0.717, 1.165) is 39.6 Å². The zero-order valence-electron chi connectivity index (χ0n) is 17.1. The van der Waals surface area contributed by atoms with Crippen molar-refractivity contribution in [3.63, 3.8) is 0 Å². The molecule has 2 aromatic carbocycles. The van der Waals surface area contributed by atoms with Gasteiger partial charge in [0.25, 0.3) is 5.91 Å². The molecule has 1 N–H and O–H groups in total. The number of anilines is 1. The lowest BCUT2D eigenvalue weighted by Gasteiger charge is -2.20. The molecular weight excluding hydrogens is 439 g/mol. The molecule has 158 valence electrons. The van der Waals surface area contributed by atoms with Crippen LogP contribution < -0.4 is 4.90 Å². The van der Waals surface area contributed by atoms with Gasteiger partial charge >= 0.3 is 0 Å². The van der Waals surface area contributed by atoms with Crippen molar-refractivity contribution in [1.29, 1.82) is 0 Å². The number of hydrogen-bond donors (Lipinski definition) is 1. The fourth-order valence-corrected chi connectivity index (χ4v) is 4.77. The van der Waals surface area contributed by atoms with Crippen LogP contribution in [0.4, 0.5) is 5.13 Å². The summed E-state index contributed by atoms with van der Waals surface area (Å²) < 4.78 is 0.922. The number of thiazole rings is 1. The van der Waals surface area contributed by atoms with Crippen LogP contribution in [0.2, 0.25) is 5.02 Å². The first-order valence-electron chi connectivity index (χ1n) is 9.54. The Morgan fingerprint density at radius 1 is 1.17 bits per heavy atom. The van der Waals surface area contributed by atoms with E-state index in [2.05, 4.69) is 9.88 Å². The number of carbonyl (C=O) groups excluding carboxylic acids is 1. The number of nitrogens with one attached hydrogen (secondary N) is 1. The Morgan fingerprint density at radius 3 is 2.67 bits per heavy atom. The molecular formula is C22H24Cl2N4OS. The summed E-state index contributed by atoms with van der Waals surface area (Å²) in [7, 11) is 4.07.